The number of carbonyl (C=O) groups excluding carboxylic acids is 2. The van der Waals surface area contributed by atoms with Crippen molar-refractivity contribution < 1.29 is 22.7 Å². The number of rotatable bonds is 4. The summed E-state index contributed by atoms with van der Waals surface area (Å²) in [4.78, 5) is 31.9. The van der Waals surface area contributed by atoms with E-state index in [0.717, 1.165) is 18.8 Å². The Morgan fingerprint density at radius 1 is 0.914 bits per heavy atom. The lowest BCUT2D eigenvalue weighted by Crippen LogP contribution is -2.55. The minimum absolute atomic E-state index is 0.0956. The molecule has 2 amide bonds. The zero-order valence-electron chi connectivity index (χ0n) is 19.8. The van der Waals surface area contributed by atoms with Crippen LogP contribution in [0.1, 0.15) is 12.5 Å². The number of fused-ring (bicyclic) bond motifs is 1. The van der Waals surface area contributed by atoms with Gasteiger partial charge in [-0.05, 0) is 35.9 Å². The number of hydrogen-bond acceptors (Lipinski definition) is 6. The first-order valence-electron chi connectivity index (χ1n) is 12.0. The summed E-state index contributed by atoms with van der Waals surface area (Å²) in [5, 5.41) is 0. The molecule has 186 valence electrons. The van der Waals surface area contributed by atoms with Gasteiger partial charge in [0.25, 0.3) is 0 Å². The van der Waals surface area contributed by atoms with Crippen LogP contribution in [-0.2, 0) is 30.8 Å². The Hall–Kier alpha value is -2.95. The Balaban J connectivity index is 1.33. The van der Waals surface area contributed by atoms with Crippen LogP contribution < -0.4 is 9.80 Å². The maximum atomic E-state index is 13.5. The van der Waals surface area contributed by atoms with Gasteiger partial charge in [-0.3, -0.25) is 14.5 Å². The van der Waals surface area contributed by atoms with Crippen molar-refractivity contribution in [2.75, 3.05) is 62.3 Å². The van der Waals surface area contributed by atoms with E-state index in [1.54, 1.807) is 12.1 Å². The van der Waals surface area contributed by atoms with Gasteiger partial charge in [-0.1, -0.05) is 18.2 Å². The number of hydrogen-bond donors (Lipinski definition) is 0. The van der Waals surface area contributed by atoms with Gasteiger partial charge in [-0.2, -0.15) is 4.31 Å². The van der Waals surface area contributed by atoms with Gasteiger partial charge in [0.2, 0.25) is 21.8 Å². The first-order valence-corrected chi connectivity index (χ1v) is 13.4. The van der Waals surface area contributed by atoms with E-state index in [4.69, 9.17) is 4.74 Å². The third-order valence-electron chi connectivity index (χ3n) is 6.98. The summed E-state index contributed by atoms with van der Waals surface area (Å²) in [7, 11) is -3.66. The van der Waals surface area contributed by atoms with E-state index in [9.17, 15) is 18.0 Å². The highest BCUT2D eigenvalue weighted by molar-refractivity contribution is 7.89. The van der Waals surface area contributed by atoms with Crippen LogP contribution in [0.2, 0.25) is 0 Å². The van der Waals surface area contributed by atoms with Gasteiger partial charge in [0.05, 0.1) is 18.1 Å². The number of anilines is 2. The molecule has 0 aromatic heterocycles. The number of benzene rings is 2. The number of carbonyl (C=O) groups is 2. The summed E-state index contributed by atoms with van der Waals surface area (Å²) < 4.78 is 32.9. The lowest BCUT2D eigenvalue weighted by molar-refractivity contribution is -0.134. The molecule has 35 heavy (non-hydrogen) atoms. The second-order valence-electron chi connectivity index (χ2n) is 9.06. The van der Waals surface area contributed by atoms with Crippen LogP contribution in [0, 0.1) is 0 Å². The molecule has 0 bridgehead atoms. The van der Waals surface area contributed by atoms with Crippen molar-refractivity contribution in [1.82, 2.24) is 9.21 Å². The summed E-state index contributed by atoms with van der Waals surface area (Å²) >= 11 is 0. The van der Waals surface area contributed by atoms with Gasteiger partial charge < -0.3 is 14.5 Å². The summed E-state index contributed by atoms with van der Waals surface area (Å²) in [6.07, 6.45) is 0.305. The molecular formula is C25H30N4O5S. The molecule has 2 fully saturated rings. The van der Waals surface area contributed by atoms with Gasteiger partial charge in [0.15, 0.2) is 0 Å². The summed E-state index contributed by atoms with van der Waals surface area (Å²) in [6.45, 7) is 5.40. The molecule has 0 radical (unpaired) electrons. The van der Waals surface area contributed by atoms with Gasteiger partial charge in [-0.25, -0.2) is 8.42 Å². The third kappa shape index (κ3) is 4.53. The molecule has 0 spiro atoms. The Kier molecular flexibility index (Phi) is 6.52. The fourth-order valence-electron chi connectivity index (χ4n) is 5.15. The molecule has 9 nitrogen and oxygen atoms in total. The first-order chi connectivity index (χ1) is 16.9. The van der Waals surface area contributed by atoms with Gasteiger partial charge in [0, 0.05) is 64.0 Å². The van der Waals surface area contributed by atoms with Gasteiger partial charge in [0.1, 0.15) is 6.04 Å². The SMILES string of the molecule is CC(=O)N1c2ccc(S(=O)(=O)N3CCOCC3)cc2C[C@@H]1C(=O)N1CCN(c2ccccc2)CC1. The maximum absolute atomic E-state index is 13.5. The summed E-state index contributed by atoms with van der Waals surface area (Å²) in [5.74, 6) is -0.324. The highest BCUT2D eigenvalue weighted by atomic mass is 32.2. The van der Waals surface area contributed by atoms with Crippen molar-refractivity contribution in [2.45, 2.75) is 24.3 Å². The Morgan fingerprint density at radius 2 is 1.60 bits per heavy atom. The number of sulfonamides is 1. The second-order valence-corrected chi connectivity index (χ2v) is 11.0. The van der Waals surface area contributed by atoms with Crippen molar-refractivity contribution in [2.24, 2.45) is 0 Å². The van der Waals surface area contributed by atoms with Crippen LogP contribution in [-0.4, -0.2) is 88.0 Å². The number of piperazine rings is 1. The second kappa shape index (κ2) is 9.60. The highest BCUT2D eigenvalue weighted by Crippen LogP contribution is 2.36. The molecule has 10 heteroatoms. The predicted molar refractivity (Wildman–Crippen MR) is 132 cm³/mol. The average molecular weight is 499 g/mol. The Bertz CT molecular complexity index is 1210. The first kappa shape index (κ1) is 23.8. The molecule has 0 aliphatic carbocycles. The van der Waals surface area contributed by atoms with Crippen LogP contribution in [0.15, 0.2) is 53.4 Å². The highest BCUT2D eigenvalue weighted by Gasteiger charge is 2.40. The van der Waals surface area contributed by atoms with Crippen LogP contribution in [0.3, 0.4) is 0 Å². The lowest BCUT2D eigenvalue weighted by atomic mass is 10.1. The van der Waals surface area contributed by atoms with Crippen molar-refractivity contribution in [3.05, 3.63) is 54.1 Å². The molecule has 2 aromatic carbocycles. The van der Waals surface area contributed by atoms with Crippen LogP contribution in [0.4, 0.5) is 11.4 Å². The van der Waals surface area contributed by atoms with Crippen LogP contribution in [0.5, 0.6) is 0 Å². The number of nitrogens with zero attached hydrogens (tertiary/aromatic N) is 4. The number of morpholine rings is 1. The van der Waals surface area contributed by atoms with Gasteiger partial charge >= 0.3 is 0 Å². The fraction of sp³-hybridized carbons (Fsp3) is 0.440. The molecule has 0 unspecified atom stereocenters. The maximum Gasteiger partial charge on any atom is 0.246 e. The van der Waals surface area contributed by atoms with Crippen molar-refractivity contribution >= 4 is 33.2 Å². The monoisotopic (exact) mass is 498 g/mol. The molecule has 1 atom stereocenters. The van der Waals surface area contributed by atoms with E-state index in [1.807, 2.05) is 23.1 Å². The van der Waals surface area contributed by atoms with Crippen molar-refractivity contribution in [1.29, 1.82) is 0 Å². The lowest BCUT2D eigenvalue weighted by Gasteiger charge is -2.38. The average Bonchev–Trinajstić information content (AvgIpc) is 3.28. The molecular weight excluding hydrogens is 468 g/mol. The summed E-state index contributed by atoms with van der Waals surface area (Å²) in [5.41, 5.74) is 2.45. The topological polar surface area (TPSA) is 90.5 Å². The molecule has 3 aliphatic heterocycles. The Morgan fingerprint density at radius 3 is 2.26 bits per heavy atom. The third-order valence-corrected chi connectivity index (χ3v) is 8.87. The molecule has 3 heterocycles. The van der Waals surface area contributed by atoms with E-state index in [2.05, 4.69) is 17.0 Å². The summed E-state index contributed by atoms with van der Waals surface area (Å²) in [6, 6.07) is 14.3. The van der Waals surface area contributed by atoms with Crippen LogP contribution in [0.25, 0.3) is 0 Å². The zero-order valence-corrected chi connectivity index (χ0v) is 20.6. The van der Waals surface area contributed by atoms with Crippen LogP contribution >= 0.6 is 0 Å². The smallest absolute Gasteiger partial charge is 0.246 e. The largest absolute Gasteiger partial charge is 0.379 e. The van der Waals surface area contributed by atoms with E-state index < -0.39 is 16.1 Å². The predicted octanol–water partition coefficient (Wildman–Crippen LogP) is 1.33. The van der Waals surface area contributed by atoms with E-state index in [-0.39, 0.29) is 16.7 Å². The van der Waals surface area contributed by atoms with E-state index >= 15 is 0 Å². The van der Waals surface area contributed by atoms with E-state index in [0.29, 0.717) is 57.1 Å². The van der Waals surface area contributed by atoms with Crippen molar-refractivity contribution in [3.8, 4) is 0 Å². The van der Waals surface area contributed by atoms with Crippen molar-refractivity contribution in [3.63, 3.8) is 0 Å². The normalized spacial score (nSPS) is 21.2. The molecule has 2 saturated heterocycles. The zero-order chi connectivity index (χ0) is 24.6. The molecule has 0 N–H and O–H groups in total. The minimum atomic E-state index is -3.66. The number of para-hydroxylation sites is 1. The molecule has 3 aliphatic rings. The molecule has 5 rings (SSSR count). The van der Waals surface area contributed by atoms with Gasteiger partial charge in [-0.15, -0.1) is 0 Å². The standard InChI is InChI=1S/C25H30N4O5S/c1-19(30)29-23-8-7-22(35(32,33)28-13-15-34-16-14-28)17-20(23)18-24(29)25(31)27-11-9-26(10-12-27)21-5-3-2-4-6-21/h2-8,17,24H,9-16,18H2,1H3/t24-/m1/s1. The Labute approximate surface area is 205 Å². The quantitative estimate of drug-likeness (QED) is 0.632. The minimum Gasteiger partial charge on any atom is -0.379 e. The molecule has 0 saturated carbocycles. The van der Waals surface area contributed by atoms with E-state index in [1.165, 1.54) is 22.2 Å². The number of ether oxygens (including phenoxy) is 1. The fourth-order valence-corrected chi connectivity index (χ4v) is 6.60. The molecule has 2 aromatic rings. The number of amides is 2.